The van der Waals surface area contributed by atoms with E-state index < -0.39 is 17.8 Å². The predicted octanol–water partition coefficient (Wildman–Crippen LogP) is 3.45. The number of aromatic nitrogens is 1. The fourth-order valence-corrected chi connectivity index (χ4v) is 3.14. The van der Waals surface area contributed by atoms with Crippen molar-refractivity contribution in [3.63, 3.8) is 0 Å². The van der Waals surface area contributed by atoms with E-state index in [1.165, 1.54) is 6.08 Å². The summed E-state index contributed by atoms with van der Waals surface area (Å²) in [5.74, 6) is -1.36. The van der Waals surface area contributed by atoms with Gasteiger partial charge in [0.15, 0.2) is 0 Å². The molecule has 1 aliphatic rings. The first-order chi connectivity index (χ1) is 13.5. The highest BCUT2D eigenvalue weighted by Crippen LogP contribution is 2.23. The Balaban J connectivity index is 1.76. The summed E-state index contributed by atoms with van der Waals surface area (Å²) in [6.07, 6.45) is 3.34. The highest BCUT2D eigenvalue weighted by molar-refractivity contribution is 6.39. The van der Waals surface area contributed by atoms with Crippen molar-refractivity contribution in [3.05, 3.63) is 89.8 Å². The van der Waals surface area contributed by atoms with Gasteiger partial charge in [0.2, 0.25) is 0 Å². The van der Waals surface area contributed by atoms with Crippen LogP contribution in [-0.2, 0) is 9.59 Å². The number of amides is 4. The summed E-state index contributed by atoms with van der Waals surface area (Å²) in [6.45, 7) is 1.87. The summed E-state index contributed by atoms with van der Waals surface area (Å²) in [5, 5.41) is 2.25. The minimum absolute atomic E-state index is 0.100. The van der Waals surface area contributed by atoms with Gasteiger partial charge < -0.3 is 4.57 Å². The quantitative estimate of drug-likeness (QED) is 0.566. The van der Waals surface area contributed by atoms with Crippen LogP contribution in [0.3, 0.4) is 0 Å². The molecule has 0 unspecified atom stereocenters. The number of aryl methyl sites for hydroxylation is 1. The second-order valence-electron chi connectivity index (χ2n) is 6.44. The van der Waals surface area contributed by atoms with Gasteiger partial charge in [0.25, 0.3) is 11.8 Å². The van der Waals surface area contributed by atoms with E-state index in [2.05, 4.69) is 5.32 Å². The van der Waals surface area contributed by atoms with Crippen molar-refractivity contribution in [1.29, 1.82) is 0 Å². The Morgan fingerprint density at radius 2 is 1.61 bits per heavy atom. The van der Waals surface area contributed by atoms with Crippen LogP contribution >= 0.6 is 0 Å². The fourth-order valence-electron chi connectivity index (χ4n) is 3.14. The van der Waals surface area contributed by atoms with Gasteiger partial charge in [-0.05, 0) is 55.0 Å². The SMILES string of the molecule is Cc1cccc(N2C(=O)NC(=O)/C(=C/c3cccn3-c3ccccc3)C2=O)c1. The Kier molecular flexibility index (Phi) is 4.37. The lowest BCUT2D eigenvalue weighted by atomic mass is 10.1. The Morgan fingerprint density at radius 1 is 0.857 bits per heavy atom. The number of carbonyl (C=O) groups is 3. The molecule has 4 amide bonds. The Morgan fingerprint density at radius 3 is 2.36 bits per heavy atom. The molecule has 3 aromatic rings. The van der Waals surface area contributed by atoms with Gasteiger partial charge in [-0.2, -0.15) is 0 Å². The molecule has 0 bridgehead atoms. The van der Waals surface area contributed by atoms with Crippen LogP contribution in [0.4, 0.5) is 10.5 Å². The lowest BCUT2D eigenvalue weighted by molar-refractivity contribution is -0.122. The number of para-hydroxylation sites is 1. The van der Waals surface area contributed by atoms with Gasteiger partial charge in [-0.15, -0.1) is 0 Å². The summed E-state index contributed by atoms with van der Waals surface area (Å²) < 4.78 is 1.86. The zero-order valence-corrected chi connectivity index (χ0v) is 15.1. The third kappa shape index (κ3) is 3.12. The molecule has 4 rings (SSSR count). The van der Waals surface area contributed by atoms with Crippen LogP contribution in [0, 0.1) is 6.92 Å². The highest BCUT2D eigenvalue weighted by atomic mass is 16.2. The number of hydrogen-bond acceptors (Lipinski definition) is 3. The van der Waals surface area contributed by atoms with Crippen LogP contribution in [0.1, 0.15) is 11.3 Å². The maximum Gasteiger partial charge on any atom is 0.335 e. The van der Waals surface area contributed by atoms with E-state index >= 15 is 0 Å². The lowest BCUT2D eigenvalue weighted by Crippen LogP contribution is -2.54. The van der Waals surface area contributed by atoms with E-state index in [4.69, 9.17) is 0 Å². The van der Waals surface area contributed by atoms with E-state index in [1.54, 1.807) is 24.3 Å². The Labute approximate surface area is 161 Å². The molecule has 1 saturated heterocycles. The molecule has 1 aromatic heterocycles. The van der Waals surface area contributed by atoms with E-state index in [0.29, 0.717) is 11.4 Å². The van der Waals surface area contributed by atoms with E-state index in [0.717, 1.165) is 16.2 Å². The van der Waals surface area contributed by atoms with Gasteiger partial charge in [-0.1, -0.05) is 30.3 Å². The molecule has 1 fully saturated rings. The molecule has 6 nitrogen and oxygen atoms in total. The number of carbonyl (C=O) groups excluding carboxylic acids is 3. The molecule has 138 valence electrons. The topological polar surface area (TPSA) is 71.4 Å². The van der Waals surface area contributed by atoms with Gasteiger partial charge >= 0.3 is 6.03 Å². The number of barbiturate groups is 1. The summed E-state index contributed by atoms with van der Waals surface area (Å²) in [6, 6.07) is 19.4. The zero-order valence-electron chi connectivity index (χ0n) is 15.1. The average Bonchev–Trinajstić information content (AvgIpc) is 3.14. The first-order valence-corrected chi connectivity index (χ1v) is 8.75. The van der Waals surface area contributed by atoms with Gasteiger partial charge in [-0.25, -0.2) is 9.69 Å². The van der Waals surface area contributed by atoms with Crippen LogP contribution in [0.25, 0.3) is 11.8 Å². The summed E-state index contributed by atoms with van der Waals surface area (Å²) in [5.41, 5.74) is 2.77. The number of anilines is 1. The van der Waals surface area contributed by atoms with E-state index in [-0.39, 0.29) is 5.57 Å². The van der Waals surface area contributed by atoms with Crippen LogP contribution in [0.5, 0.6) is 0 Å². The number of urea groups is 1. The second kappa shape index (κ2) is 7.00. The molecular weight excluding hydrogens is 354 g/mol. The second-order valence-corrected chi connectivity index (χ2v) is 6.44. The minimum atomic E-state index is -0.754. The van der Waals surface area contributed by atoms with Crippen LogP contribution in [0.2, 0.25) is 0 Å². The van der Waals surface area contributed by atoms with Crippen LogP contribution in [0.15, 0.2) is 78.5 Å². The molecule has 0 spiro atoms. The van der Waals surface area contributed by atoms with Crippen molar-refractivity contribution in [3.8, 4) is 5.69 Å². The maximum absolute atomic E-state index is 13.0. The lowest BCUT2D eigenvalue weighted by Gasteiger charge is -2.26. The summed E-state index contributed by atoms with van der Waals surface area (Å²) in [7, 11) is 0. The van der Waals surface area contributed by atoms with Gasteiger partial charge in [0.05, 0.1) is 5.69 Å². The molecule has 0 saturated carbocycles. The number of rotatable bonds is 3. The third-order valence-corrected chi connectivity index (χ3v) is 4.47. The molecule has 1 N–H and O–H groups in total. The van der Waals surface area contributed by atoms with Crippen molar-refractivity contribution < 1.29 is 14.4 Å². The van der Waals surface area contributed by atoms with E-state index in [9.17, 15) is 14.4 Å². The minimum Gasteiger partial charge on any atom is -0.317 e. The first-order valence-electron chi connectivity index (χ1n) is 8.75. The molecular formula is C22H17N3O3. The van der Waals surface area contributed by atoms with Gasteiger partial charge in [-0.3, -0.25) is 14.9 Å². The number of nitrogens with zero attached hydrogens (tertiary/aromatic N) is 2. The predicted molar refractivity (Wildman–Crippen MR) is 106 cm³/mol. The van der Waals surface area contributed by atoms with Crippen molar-refractivity contribution in [2.75, 3.05) is 4.90 Å². The monoisotopic (exact) mass is 371 g/mol. The fraction of sp³-hybridized carbons (Fsp3) is 0.0455. The molecule has 2 aromatic carbocycles. The van der Waals surface area contributed by atoms with Crippen LogP contribution in [-0.4, -0.2) is 22.4 Å². The summed E-state index contributed by atoms with van der Waals surface area (Å²) in [4.78, 5) is 38.7. The zero-order chi connectivity index (χ0) is 19.7. The van der Waals surface area contributed by atoms with Crippen molar-refractivity contribution in [1.82, 2.24) is 9.88 Å². The number of imide groups is 2. The standard InChI is InChI=1S/C22H17N3O3/c1-15-7-5-10-18(13-15)25-21(27)19(20(26)23-22(25)28)14-17-11-6-12-24(17)16-8-3-2-4-9-16/h2-14H,1H3,(H,23,26,28)/b19-14-. The largest absolute Gasteiger partial charge is 0.335 e. The number of hydrogen-bond donors (Lipinski definition) is 1. The normalized spacial score (nSPS) is 15.8. The molecule has 6 heteroatoms. The highest BCUT2D eigenvalue weighted by Gasteiger charge is 2.37. The molecule has 2 heterocycles. The van der Waals surface area contributed by atoms with Crippen LogP contribution < -0.4 is 10.2 Å². The van der Waals surface area contributed by atoms with E-state index in [1.807, 2.05) is 60.2 Å². The molecule has 0 aliphatic carbocycles. The van der Waals surface area contributed by atoms with Crippen molar-refractivity contribution >= 4 is 29.6 Å². The smallest absolute Gasteiger partial charge is 0.317 e. The average molecular weight is 371 g/mol. The Bertz CT molecular complexity index is 1110. The third-order valence-electron chi connectivity index (χ3n) is 4.47. The molecule has 0 radical (unpaired) electrons. The van der Waals surface area contributed by atoms with Crippen molar-refractivity contribution in [2.24, 2.45) is 0 Å². The molecule has 1 aliphatic heterocycles. The maximum atomic E-state index is 13.0. The summed E-state index contributed by atoms with van der Waals surface area (Å²) >= 11 is 0. The Hall–Kier alpha value is -3.93. The number of benzene rings is 2. The van der Waals surface area contributed by atoms with Gasteiger partial charge in [0, 0.05) is 17.6 Å². The molecule has 28 heavy (non-hydrogen) atoms. The first kappa shape index (κ1) is 17.5. The van der Waals surface area contributed by atoms with Crippen molar-refractivity contribution in [2.45, 2.75) is 6.92 Å². The van der Waals surface area contributed by atoms with Gasteiger partial charge in [0.1, 0.15) is 5.57 Å². The molecule has 0 atom stereocenters. The number of nitrogens with one attached hydrogen (secondary N) is 1.